The molecule has 0 saturated heterocycles. The molecule has 5 nitrogen and oxygen atoms in total. The lowest BCUT2D eigenvalue weighted by molar-refractivity contribution is 0.0914. The number of nitrogens with zero attached hydrogens (tertiary/aromatic N) is 1. The average Bonchev–Trinajstić information content (AvgIpc) is 2.76. The van der Waals surface area contributed by atoms with Crippen molar-refractivity contribution in [1.82, 2.24) is 0 Å². The summed E-state index contributed by atoms with van der Waals surface area (Å²) in [6, 6.07) is 18.8. The van der Waals surface area contributed by atoms with E-state index in [2.05, 4.69) is 5.32 Å². The SMILES string of the molecule is CC1CN(C(=O)c2ccc(NC(=O)c3ccccc3Cl)cc2Cl)c2ccccc2C1O. The van der Waals surface area contributed by atoms with Gasteiger partial charge in [-0.3, -0.25) is 9.59 Å². The van der Waals surface area contributed by atoms with Crippen LogP contribution in [0, 0.1) is 5.92 Å². The molecule has 0 aromatic heterocycles. The molecule has 0 fully saturated rings. The van der Waals surface area contributed by atoms with Crippen LogP contribution < -0.4 is 10.2 Å². The number of anilines is 2. The largest absolute Gasteiger partial charge is 0.388 e. The number of para-hydroxylation sites is 1. The van der Waals surface area contributed by atoms with Gasteiger partial charge >= 0.3 is 0 Å². The molecule has 2 amide bonds. The van der Waals surface area contributed by atoms with Crippen LogP contribution in [0.5, 0.6) is 0 Å². The second-order valence-corrected chi connectivity index (χ2v) is 8.34. The standard InChI is InChI=1S/C24H20Cl2N2O3/c1-14-13-28(21-9-5-3-7-18(21)22(14)29)24(31)17-11-10-15(12-20(17)26)27-23(30)16-6-2-4-8-19(16)25/h2-12,14,22,29H,13H2,1H3,(H,27,30). The molecule has 2 unspecified atom stereocenters. The van der Waals surface area contributed by atoms with E-state index in [4.69, 9.17) is 23.2 Å². The molecule has 7 heteroatoms. The molecular weight excluding hydrogens is 435 g/mol. The summed E-state index contributed by atoms with van der Waals surface area (Å²) in [4.78, 5) is 27.4. The normalized spacial score (nSPS) is 17.7. The predicted octanol–water partition coefficient (Wildman–Crippen LogP) is 5.58. The van der Waals surface area contributed by atoms with Gasteiger partial charge in [-0.1, -0.05) is 60.5 Å². The molecule has 31 heavy (non-hydrogen) atoms. The highest BCUT2D eigenvalue weighted by atomic mass is 35.5. The van der Waals surface area contributed by atoms with E-state index in [0.29, 0.717) is 39.6 Å². The van der Waals surface area contributed by atoms with E-state index in [1.807, 2.05) is 31.2 Å². The van der Waals surface area contributed by atoms with E-state index in [0.717, 1.165) is 0 Å². The van der Waals surface area contributed by atoms with Crippen molar-refractivity contribution in [1.29, 1.82) is 0 Å². The zero-order valence-electron chi connectivity index (χ0n) is 16.7. The monoisotopic (exact) mass is 454 g/mol. The fourth-order valence-electron chi connectivity index (χ4n) is 3.72. The first-order valence-corrected chi connectivity index (χ1v) is 10.6. The summed E-state index contributed by atoms with van der Waals surface area (Å²) in [7, 11) is 0. The number of hydrogen-bond donors (Lipinski definition) is 2. The summed E-state index contributed by atoms with van der Waals surface area (Å²) in [5.74, 6) is -0.750. The first-order valence-electron chi connectivity index (χ1n) is 9.81. The van der Waals surface area contributed by atoms with Crippen molar-refractivity contribution in [3.8, 4) is 0 Å². The van der Waals surface area contributed by atoms with Crippen molar-refractivity contribution in [2.24, 2.45) is 5.92 Å². The van der Waals surface area contributed by atoms with E-state index in [-0.39, 0.29) is 22.8 Å². The number of benzene rings is 3. The molecule has 1 heterocycles. The van der Waals surface area contributed by atoms with Crippen molar-refractivity contribution in [2.75, 3.05) is 16.8 Å². The first kappa shape index (κ1) is 21.4. The molecule has 0 radical (unpaired) electrons. The molecule has 0 bridgehead atoms. The summed E-state index contributed by atoms with van der Waals surface area (Å²) >= 11 is 12.5. The van der Waals surface area contributed by atoms with Crippen molar-refractivity contribution in [3.63, 3.8) is 0 Å². The highest BCUT2D eigenvalue weighted by molar-refractivity contribution is 6.35. The molecule has 4 rings (SSSR count). The zero-order chi connectivity index (χ0) is 22.1. The van der Waals surface area contributed by atoms with Crippen molar-refractivity contribution in [3.05, 3.63) is 93.5 Å². The van der Waals surface area contributed by atoms with Crippen molar-refractivity contribution < 1.29 is 14.7 Å². The third-order valence-electron chi connectivity index (χ3n) is 5.38. The van der Waals surface area contributed by atoms with Gasteiger partial charge in [0.05, 0.1) is 27.3 Å². The molecule has 158 valence electrons. The lowest BCUT2D eigenvalue weighted by Crippen LogP contribution is -2.41. The maximum atomic E-state index is 13.3. The number of aliphatic hydroxyl groups excluding tert-OH is 1. The number of rotatable bonds is 3. The minimum Gasteiger partial charge on any atom is -0.388 e. The summed E-state index contributed by atoms with van der Waals surface area (Å²) < 4.78 is 0. The fourth-order valence-corrected chi connectivity index (χ4v) is 4.21. The highest BCUT2D eigenvalue weighted by Gasteiger charge is 2.33. The molecule has 2 atom stereocenters. The van der Waals surface area contributed by atoms with Crippen LogP contribution in [0.1, 0.15) is 39.3 Å². The summed E-state index contributed by atoms with van der Waals surface area (Å²) in [6.45, 7) is 2.27. The maximum absolute atomic E-state index is 13.3. The van der Waals surface area contributed by atoms with Gasteiger partial charge in [-0.25, -0.2) is 0 Å². The molecule has 0 saturated carbocycles. The number of halogens is 2. The van der Waals surface area contributed by atoms with Gasteiger partial charge in [-0.15, -0.1) is 0 Å². The van der Waals surface area contributed by atoms with Gasteiger partial charge in [-0.05, 0) is 36.4 Å². The Hall–Kier alpha value is -2.86. The molecule has 3 aromatic carbocycles. The second kappa shape index (κ2) is 8.71. The molecule has 0 spiro atoms. The minimum atomic E-state index is -0.627. The lowest BCUT2D eigenvalue weighted by Gasteiger charge is -2.36. The molecule has 2 N–H and O–H groups in total. The van der Waals surface area contributed by atoms with Gasteiger partial charge in [0, 0.05) is 29.4 Å². The Bertz CT molecular complexity index is 1170. The van der Waals surface area contributed by atoms with Crippen LogP contribution >= 0.6 is 23.2 Å². The van der Waals surface area contributed by atoms with Crippen LogP contribution in [0.2, 0.25) is 10.0 Å². The van der Waals surface area contributed by atoms with Crippen LogP contribution in [0.25, 0.3) is 0 Å². The zero-order valence-corrected chi connectivity index (χ0v) is 18.2. The van der Waals surface area contributed by atoms with Crippen molar-refractivity contribution >= 4 is 46.4 Å². The molecule has 1 aliphatic heterocycles. The summed E-state index contributed by atoms with van der Waals surface area (Å²) in [6.07, 6.45) is -0.627. The van der Waals surface area contributed by atoms with Crippen molar-refractivity contribution in [2.45, 2.75) is 13.0 Å². The Kier molecular flexibility index (Phi) is 6.01. The number of carbonyl (C=O) groups is 2. The topological polar surface area (TPSA) is 69.6 Å². The first-order chi connectivity index (χ1) is 14.9. The number of hydrogen-bond acceptors (Lipinski definition) is 3. The lowest BCUT2D eigenvalue weighted by atomic mass is 9.90. The maximum Gasteiger partial charge on any atom is 0.259 e. The third kappa shape index (κ3) is 4.17. The van der Waals surface area contributed by atoms with E-state index in [9.17, 15) is 14.7 Å². The third-order valence-corrected chi connectivity index (χ3v) is 6.02. The average molecular weight is 455 g/mol. The van der Waals surface area contributed by atoms with E-state index < -0.39 is 6.10 Å². The van der Waals surface area contributed by atoms with Crippen LogP contribution in [0.3, 0.4) is 0 Å². The summed E-state index contributed by atoms with van der Waals surface area (Å²) in [5.41, 5.74) is 2.50. The Balaban J connectivity index is 1.59. The number of nitrogens with one attached hydrogen (secondary N) is 1. The molecule has 0 aliphatic carbocycles. The van der Waals surface area contributed by atoms with Gasteiger partial charge in [0.25, 0.3) is 11.8 Å². The van der Waals surface area contributed by atoms with Gasteiger partial charge < -0.3 is 15.3 Å². The molecule has 1 aliphatic rings. The van der Waals surface area contributed by atoms with E-state index in [1.165, 1.54) is 6.07 Å². The molecule has 3 aromatic rings. The minimum absolute atomic E-state index is 0.119. The smallest absolute Gasteiger partial charge is 0.259 e. The predicted molar refractivity (Wildman–Crippen MR) is 123 cm³/mol. The van der Waals surface area contributed by atoms with Gasteiger partial charge in [0.15, 0.2) is 0 Å². The number of aliphatic hydroxyl groups is 1. The molecular formula is C24H20Cl2N2O3. The Morgan fingerprint density at radius 1 is 0.968 bits per heavy atom. The highest BCUT2D eigenvalue weighted by Crippen LogP contribution is 2.38. The Morgan fingerprint density at radius 3 is 2.42 bits per heavy atom. The quantitative estimate of drug-likeness (QED) is 0.542. The summed E-state index contributed by atoms with van der Waals surface area (Å²) in [5, 5.41) is 13.8. The van der Waals surface area contributed by atoms with Crippen LogP contribution in [0.4, 0.5) is 11.4 Å². The van der Waals surface area contributed by atoms with Gasteiger partial charge in [-0.2, -0.15) is 0 Å². The number of fused-ring (bicyclic) bond motifs is 1. The Labute approximate surface area is 190 Å². The number of carbonyl (C=O) groups excluding carboxylic acids is 2. The van der Waals surface area contributed by atoms with Crippen LogP contribution in [-0.4, -0.2) is 23.5 Å². The Morgan fingerprint density at radius 2 is 1.68 bits per heavy atom. The number of amides is 2. The van der Waals surface area contributed by atoms with E-state index in [1.54, 1.807) is 41.3 Å². The second-order valence-electron chi connectivity index (χ2n) is 7.53. The van der Waals surface area contributed by atoms with Gasteiger partial charge in [0.2, 0.25) is 0 Å². The van der Waals surface area contributed by atoms with E-state index >= 15 is 0 Å². The fraction of sp³-hybridized carbons (Fsp3) is 0.167. The van der Waals surface area contributed by atoms with Crippen LogP contribution in [-0.2, 0) is 0 Å². The van der Waals surface area contributed by atoms with Gasteiger partial charge in [0.1, 0.15) is 0 Å². The van der Waals surface area contributed by atoms with Crippen LogP contribution in [0.15, 0.2) is 66.7 Å².